The summed E-state index contributed by atoms with van der Waals surface area (Å²) in [5.74, 6) is 1.46. The fourth-order valence-electron chi connectivity index (χ4n) is 3.83. The molecule has 3 nitrogen and oxygen atoms in total. The molecule has 0 amide bonds. The van der Waals surface area contributed by atoms with Crippen molar-refractivity contribution in [3.05, 3.63) is 29.8 Å². The fraction of sp³-hybridized carbons (Fsp3) is 0.700. The summed E-state index contributed by atoms with van der Waals surface area (Å²) in [6, 6.07) is 8.52. The zero-order chi connectivity index (χ0) is 16.7. The van der Waals surface area contributed by atoms with Gasteiger partial charge in [-0.2, -0.15) is 0 Å². The van der Waals surface area contributed by atoms with Crippen LogP contribution in [0.5, 0.6) is 5.75 Å². The van der Waals surface area contributed by atoms with Crippen LogP contribution in [0.25, 0.3) is 0 Å². The van der Waals surface area contributed by atoms with Gasteiger partial charge in [-0.25, -0.2) is 0 Å². The minimum Gasteiger partial charge on any atom is -0.497 e. The normalized spacial score (nSPS) is 24.8. The largest absolute Gasteiger partial charge is 0.497 e. The first-order chi connectivity index (χ1) is 11.1. The van der Waals surface area contributed by atoms with Gasteiger partial charge in [0.15, 0.2) is 0 Å². The Labute approximate surface area is 142 Å². The number of methoxy groups -OCH3 is 1. The number of ether oxygens (including phenoxy) is 2. The lowest BCUT2D eigenvalue weighted by Gasteiger charge is -2.45. The first-order valence-corrected chi connectivity index (χ1v) is 9.05. The van der Waals surface area contributed by atoms with Crippen molar-refractivity contribution in [2.24, 2.45) is 5.92 Å². The number of unbranched alkanes of at least 4 members (excludes halogenated alkanes) is 1. The summed E-state index contributed by atoms with van der Waals surface area (Å²) < 4.78 is 12.1. The molecule has 1 fully saturated rings. The molecular weight excluding hydrogens is 286 g/mol. The molecule has 0 aliphatic heterocycles. The minimum absolute atomic E-state index is 0.160. The summed E-state index contributed by atoms with van der Waals surface area (Å²) in [6.07, 6.45) is 7.20. The molecule has 3 heteroatoms. The van der Waals surface area contributed by atoms with Gasteiger partial charge in [0.05, 0.1) is 12.7 Å². The van der Waals surface area contributed by atoms with E-state index in [0.717, 1.165) is 31.7 Å². The SMILES string of the molecule is CCCCOC1(c2cccc(OC)c2)CCCCC1CN(C)C. The molecule has 2 atom stereocenters. The van der Waals surface area contributed by atoms with Gasteiger partial charge in [0.1, 0.15) is 5.75 Å². The van der Waals surface area contributed by atoms with E-state index >= 15 is 0 Å². The Bertz CT molecular complexity index is 474. The average Bonchev–Trinajstić information content (AvgIpc) is 2.56. The van der Waals surface area contributed by atoms with Crippen LogP contribution in [0.3, 0.4) is 0 Å². The van der Waals surface area contributed by atoms with Gasteiger partial charge >= 0.3 is 0 Å². The summed E-state index contributed by atoms with van der Waals surface area (Å²) in [6.45, 7) is 4.14. The van der Waals surface area contributed by atoms with Crippen LogP contribution in [0, 0.1) is 5.92 Å². The number of hydrogen-bond donors (Lipinski definition) is 0. The smallest absolute Gasteiger partial charge is 0.119 e. The van der Waals surface area contributed by atoms with Crippen molar-refractivity contribution < 1.29 is 9.47 Å². The number of hydrogen-bond acceptors (Lipinski definition) is 3. The Morgan fingerprint density at radius 1 is 1.26 bits per heavy atom. The van der Waals surface area contributed by atoms with Gasteiger partial charge in [-0.15, -0.1) is 0 Å². The van der Waals surface area contributed by atoms with E-state index in [2.05, 4.69) is 44.1 Å². The lowest BCUT2D eigenvalue weighted by atomic mass is 9.71. The molecule has 0 heterocycles. The molecule has 2 unspecified atom stereocenters. The Balaban J connectivity index is 2.35. The number of benzene rings is 1. The highest BCUT2D eigenvalue weighted by Gasteiger charge is 2.43. The zero-order valence-electron chi connectivity index (χ0n) is 15.3. The van der Waals surface area contributed by atoms with E-state index in [1.165, 1.54) is 31.2 Å². The Morgan fingerprint density at radius 3 is 2.78 bits per heavy atom. The van der Waals surface area contributed by atoms with Crippen LogP contribution in [0.1, 0.15) is 51.0 Å². The maximum atomic E-state index is 6.63. The van der Waals surface area contributed by atoms with Crippen molar-refractivity contribution in [1.82, 2.24) is 4.90 Å². The van der Waals surface area contributed by atoms with Crippen LogP contribution in [0.15, 0.2) is 24.3 Å². The van der Waals surface area contributed by atoms with Crippen molar-refractivity contribution >= 4 is 0 Å². The highest BCUT2D eigenvalue weighted by molar-refractivity contribution is 5.33. The Kier molecular flexibility index (Phi) is 6.91. The minimum atomic E-state index is -0.160. The van der Waals surface area contributed by atoms with Crippen LogP contribution in [-0.4, -0.2) is 39.3 Å². The van der Waals surface area contributed by atoms with Gasteiger partial charge < -0.3 is 14.4 Å². The van der Waals surface area contributed by atoms with Gasteiger partial charge in [-0.05, 0) is 51.1 Å². The standard InChI is InChI=1S/C20H33NO2/c1-5-6-14-23-20(17-11-9-12-19(15-17)22-4)13-8-7-10-18(20)16-21(2)3/h9,11-12,15,18H,5-8,10,13-14,16H2,1-4H3. The molecule has 0 radical (unpaired) electrons. The second-order valence-corrected chi connectivity index (χ2v) is 7.03. The quantitative estimate of drug-likeness (QED) is 0.660. The average molecular weight is 319 g/mol. The van der Waals surface area contributed by atoms with E-state index in [-0.39, 0.29) is 5.60 Å². The number of nitrogens with zero attached hydrogens (tertiary/aromatic N) is 1. The number of rotatable bonds is 8. The summed E-state index contributed by atoms with van der Waals surface area (Å²) in [5.41, 5.74) is 1.13. The van der Waals surface area contributed by atoms with Crippen LogP contribution in [0.4, 0.5) is 0 Å². The van der Waals surface area contributed by atoms with E-state index in [4.69, 9.17) is 9.47 Å². The van der Waals surface area contributed by atoms with Crippen LogP contribution in [0.2, 0.25) is 0 Å². The Morgan fingerprint density at radius 2 is 2.09 bits per heavy atom. The second-order valence-electron chi connectivity index (χ2n) is 7.03. The summed E-state index contributed by atoms with van der Waals surface area (Å²) >= 11 is 0. The predicted molar refractivity (Wildman–Crippen MR) is 96.0 cm³/mol. The van der Waals surface area contributed by atoms with Crippen LogP contribution in [-0.2, 0) is 10.3 Å². The molecule has 0 N–H and O–H groups in total. The topological polar surface area (TPSA) is 21.7 Å². The molecule has 0 aromatic heterocycles. The zero-order valence-corrected chi connectivity index (χ0v) is 15.3. The van der Waals surface area contributed by atoms with Gasteiger partial charge in [-0.1, -0.05) is 38.3 Å². The predicted octanol–water partition coefficient (Wildman–Crippen LogP) is 4.46. The van der Waals surface area contributed by atoms with Crippen LogP contribution < -0.4 is 4.74 Å². The molecular formula is C20H33NO2. The van der Waals surface area contributed by atoms with Crippen molar-refractivity contribution in [2.75, 3.05) is 34.4 Å². The molecule has 0 saturated heterocycles. The van der Waals surface area contributed by atoms with E-state index in [1.54, 1.807) is 7.11 Å². The molecule has 130 valence electrons. The van der Waals surface area contributed by atoms with Gasteiger partial charge in [0, 0.05) is 19.1 Å². The van der Waals surface area contributed by atoms with Gasteiger partial charge in [-0.3, -0.25) is 0 Å². The molecule has 1 saturated carbocycles. The molecule has 1 aliphatic carbocycles. The fourth-order valence-corrected chi connectivity index (χ4v) is 3.83. The third-order valence-corrected chi connectivity index (χ3v) is 5.01. The first kappa shape index (κ1) is 18.3. The van der Waals surface area contributed by atoms with Crippen molar-refractivity contribution in [1.29, 1.82) is 0 Å². The summed E-state index contributed by atoms with van der Waals surface area (Å²) in [7, 11) is 6.07. The van der Waals surface area contributed by atoms with E-state index in [0.29, 0.717) is 5.92 Å². The van der Waals surface area contributed by atoms with Crippen molar-refractivity contribution in [2.45, 2.75) is 51.0 Å². The highest BCUT2D eigenvalue weighted by atomic mass is 16.5. The molecule has 0 bridgehead atoms. The van der Waals surface area contributed by atoms with Gasteiger partial charge in [0.25, 0.3) is 0 Å². The molecule has 1 aromatic carbocycles. The molecule has 1 aromatic rings. The van der Waals surface area contributed by atoms with Crippen molar-refractivity contribution in [3.63, 3.8) is 0 Å². The summed E-state index contributed by atoms with van der Waals surface area (Å²) in [5, 5.41) is 0. The summed E-state index contributed by atoms with van der Waals surface area (Å²) in [4.78, 5) is 2.30. The highest BCUT2D eigenvalue weighted by Crippen LogP contribution is 2.46. The van der Waals surface area contributed by atoms with Crippen LogP contribution >= 0.6 is 0 Å². The molecule has 23 heavy (non-hydrogen) atoms. The van der Waals surface area contributed by atoms with Gasteiger partial charge in [0.2, 0.25) is 0 Å². The van der Waals surface area contributed by atoms with E-state index in [9.17, 15) is 0 Å². The maximum Gasteiger partial charge on any atom is 0.119 e. The third-order valence-electron chi connectivity index (χ3n) is 5.01. The molecule has 1 aliphatic rings. The lowest BCUT2D eigenvalue weighted by molar-refractivity contribution is -0.121. The lowest BCUT2D eigenvalue weighted by Crippen LogP contribution is -2.45. The van der Waals surface area contributed by atoms with E-state index < -0.39 is 0 Å². The second kappa shape index (κ2) is 8.70. The molecule has 2 rings (SSSR count). The van der Waals surface area contributed by atoms with Crippen molar-refractivity contribution in [3.8, 4) is 5.75 Å². The maximum absolute atomic E-state index is 6.63. The Hall–Kier alpha value is -1.06. The monoisotopic (exact) mass is 319 g/mol. The van der Waals surface area contributed by atoms with E-state index in [1.807, 2.05) is 6.07 Å². The third kappa shape index (κ3) is 4.48. The molecule has 0 spiro atoms. The first-order valence-electron chi connectivity index (χ1n) is 9.05.